The first kappa shape index (κ1) is 20.3. The largest absolute Gasteiger partial charge is 0.491 e. The van der Waals surface area contributed by atoms with Gasteiger partial charge in [-0.25, -0.2) is 0 Å². The molecule has 1 aliphatic rings. The molecule has 0 aromatic heterocycles. The van der Waals surface area contributed by atoms with Crippen molar-refractivity contribution in [3.8, 4) is 11.1 Å². The molecule has 3 rings (SSSR count). The molecule has 0 radical (unpaired) electrons. The summed E-state index contributed by atoms with van der Waals surface area (Å²) in [5.74, 6) is 1.48. The van der Waals surface area contributed by atoms with Crippen molar-refractivity contribution < 1.29 is 9.47 Å². The minimum atomic E-state index is 0.527. The Labute approximate surface area is 158 Å². The second-order valence-electron chi connectivity index (χ2n) is 6.80. The molecule has 0 aliphatic heterocycles. The maximum atomic E-state index is 5.56. The fourth-order valence-corrected chi connectivity index (χ4v) is 2.87. The number of benzene rings is 2. The molecular formula is C24H32O2. The van der Waals surface area contributed by atoms with Gasteiger partial charge in [0.15, 0.2) is 0 Å². The Morgan fingerprint density at radius 3 is 1.92 bits per heavy atom. The molecule has 0 bridgehead atoms. The van der Waals surface area contributed by atoms with Crippen LogP contribution in [0.4, 0.5) is 0 Å². The van der Waals surface area contributed by atoms with Crippen molar-refractivity contribution in [2.45, 2.75) is 45.4 Å². The Morgan fingerprint density at radius 1 is 0.923 bits per heavy atom. The number of ether oxygens (including phenoxy) is 2. The Morgan fingerprint density at radius 2 is 1.46 bits per heavy atom. The summed E-state index contributed by atoms with van der Waals surface area (Å²) in [6, 6.07) is 17.4. The highest BCUT2D eigenvalue weighted by Crippen LogP contribution is 2.37. The number of methoxy groups -OCH3 is 1. The third-order valence-corrected chi connectivity index (χ3v) is 4.59. The van der Waals surface area contributed by atoms with Crippen molar-refractivity contribution in [1.29, 1.82) is 0 Å². The van der Waals surface area contributed by atoms with E-state index in [2.05, 4.69) is 69.0 Å². The standard InChI is InChI=1S/C21H24O2.C3H8/c1-16(23-15-14-22-2)17-6-8-20(9-7-17)21-12-10-19(11-13-21)18-4-3-5-18;1-3-2/h6-13,18H,1,3-5,14-15H2,2H3;3H2,1-2H3. The first-order valence-electron chi connectivity index (χ1n) is 9.71. The number of hydrogen-bond donors (Lipinski definition) is 0. The van der Waals surface area contributed by atoms with E-state index in [4.69, 9.17) is 9.47 Å². The van der Waals surface area contributed by atoms with Crippen LogP contribution < -0.4 is 0 Å². The Balaban J connectivity index is 0.000000758. The maximum Gasteiger partial charge on any atom is 0.119 e. The predicted octanol–water partition coefficient (Wildman–Crippen LogP) is 6.67. The lowest BCUT2D eigenvalue weighted by atomic mass is 9.80. The molecule has 0 saturated heterocycles. The normalized spacial score (nSPS) is 13.3. The van der Waals surface area contributed by atoms with Crippen molar-refractivity contribution in [1.82, 2.24) is 0 Å². The second-order valence-corrected chi connectivity index (χ2v) is 6.80. The summed E-state index contributed by atoms with van der Waals surface area (Å²) < 4.78 is 10.5. The van der Waals surface area contributed by atoms with E-state index in [-0.39, 0.29) is 0 Å². The predicted molar refractivity (Wildman–Crippen MR) is 111 cm³/mol. The van der Waals surface area contributed by atoms with E-state index in [1.165, 1.54) is 42.4 Å². The van der Waals surface area contributed by atoms with Crippen LogP contribution in [0.25, 0.3) is 16.9 Å². The van der Waals surface area contributed by atoms with E-state index < -0.39 is 0 Å². The van der Waals surface area contributed by atoms with Crippen LogP contribution in [0, 0.1) is 0 Å². The topological polar surface area (TPSA) is 18.5 Å². The van der Waals surface area contributed by atoms with E-state index in [1.807, 2.05) is 0 Å². The summed E-state index contributed by atoms with van der Waals surface area (Å²) in [4.78, 5) is 0. The highest BCUT2D eigenvalue weighted by Gasteiger charge is 2.18. The molecule has 2 aromatic rings. The van der Waals surface area contributed by atoms with Crippen LogP contribution in [0.2, 0.25) is 0 Å². The van der Waals surface area contributed by atoms with Gasteiger partial charge in [0.25, 0.3) is 0 Å². The van der Waals surface area contributed by atoms with Crippen LogP contribution >= 0.6 is 0 Å². The second kappa shape index (κ2) is 10.8. The molecular weight excluding hydrogens is 320 g/mol. The first-order chi connectivity index (χ1) is 12.7. The maximum absolute atomic E-state index is 5.56. The molecule has 26 heavy (non-hydrogen) atoms. The van der Waals surface area contributed by atoms with Gasteiger partial charge in [0.05, 0.1) is 6.61 Å². The van der Waals surface area contributed by atoms with Crippen LogP contribution in [-0.2, 0) is 9.47 Å². The molecule has 0 amide bonds. The van der Waals surface area contributed by atoms with Crippen LogP contribution in [0.5, 0.6) is 0 Å². The van der Waals surface area contributed by atoms with Crippen molar-refractivity contribution in [2.75, 3.05) is 20.3 Å². The quantitative estimate of drug-likeness (QED) is 0.409. The monoisotopic (exact) mass is 352 g/mol. The molecule has 0 N–H and O–H groups in total. The van der Waals surface area contributed by atoms with Gasteiger partial charge in [-0.1, -0.05) is 81.8 Å². The van der Waals surface area contributed by atoms with Gasteiger partial charge < -0.3 is 9.47 Å². The van der Waals surface area contributed by atoms with Crippen molar-refractivity contribution in [2.24, 2.45) is 0 Å². The molecule has 140 valence electrons. The summed E-state index contributed by atoms with van der Waals surface area (Å²) >= 11 is 0. The molecule has 1 aliphatic carbocycles. The third kappa shape index (κ3) is 5.74. The van der Waals surface area contributed by atoms with Gasteiger partial charge in [-0.3, -0.25) is 0 Å². The number of hydrogen-bond acceptors (Lipinski definition) is 2. The van der Waals surface area contributed by atoms with E-state index in [9.17, 15) is 0 Å². The van der Waals surface area contributed by atoms with Crippen LogP contribution in [0.15, 0.2) is 55.1 Å². The Bertz CT molecular complexity index is 652. The average Bonchev–Trinajstić information content (AvgIpc) is 2.62. The zero-order valence-corrected chi connectivity index (χ0v) is 16.5. The van der Waals surface area contributed by atoms with Gasteiger partial charge in [-0.15, -0.1) is 0 Å². The summed E-state index contributed by atoms with van der Waals surface area (Å²) in [5, 5.41) is 0. The van der Waals surface area contributed by atoms with Gasteiger partial charge in [-0.2, -0.15) is 0 Å². The average molecular weight is 353 g/mol. The Kier molecular flexibility index (Phi) is 8.43. The Hall–Kier alpha value is -2.06. The van der Waals surface area contributed by atoms with Gasteiger partial charge in [0, 0.05) is 12.7 Å². The van der Waals surface area contributed by atoms with Gasteiger partial charge in [-0.05, 0) is 35.4 Å². The summed E-state index contributed by atoms with van der Waals surface area (Å²) in [6.07, 6.45) is 5.32. The zero-order chi connectivity index (χ0) is 18.8. The molecule has 2 nitrogen and oxygen atoms in total. The summed E-state index contributed by atoms with van der Waals surface area (Å²) in [5.41, 5.74) is 4.97. The minimum Gasteiger partial charge on any atom is -0.491 e. The molecule has 1 fully saturated rings. The fourth-order valence-electron chi connectivity index (χ4n) is 2.87. The SMILES string of the molecule is C=C(OCCOC)c1ccc(-c2ccc(C3CCC3)cc2)cc1.CCC. The first-order valence-corrected chi connectivity index (χ1v) is 9.71. The molecule has 1 saturated carbocycles. The fraction of sp³-hybridized carbons (Fsp3) is 0.417. The van der Waals surface area contributed by atoms with Crippen LogP contribution in [0.3, 0.4) is 0 Å². The zero-order valence-electron chi connectivity index (χ0n) is 16.5. The lowest BCUT2D eigenvalue weighted by Gasteiger charge is -2.25. The smallest absolute Gasteiger partial charge is 0.119 e. The summed E-state index contributed by atoms with van der Waals surface area (Å²) in [6.45, 7) is 9.32. The molecule has 0 heterocycles. The van der Waals surface area contributed by atoms with Crippen LogP contribution in [-0.4, -0.2) is 20.3 Å². The van der Waals surface area contributed by atoms with Crippen LogP contribution in [0.1, 0.15) is 56.6 Å². The van der Waals surface area contributed by atoms with E-state index in [0.29, 0.717) is 19.0 Å². The van der Waals surface area contributed by atoms with Gasteiger partial charge in [0.2, 0.25) is 0 Å². The highest BCUT2D eigenvalue weighted by molar-refractivity contribution is 5.67. The van der Waals surface area contributed by atoms with Gasteiger partial charge in [0.1, 0.15) is 12.4 Å². The van der Waals surface area contributed by atoms with Crippen molar-refractivity contribution in [3.63, 3.8) is 0 Å². The van der Waals surface area contributed by atoms with Gasteiger partial charge >= 0.3 is 0 Å². The summed E-state index contributed by atoms with van der Waals surface area (Å²) in [7, 11) is 1.66. The lowest BCUT2D eigenvalue weighted by Crippen LogP contribution is -2.08. The van der Waals surface area contributed by atoms with E-state index in [1.54, 1.807) is 7.11 Å². The van der Waals surface area contributed by atoms with E-state index >= 15 is 0 Å². The van der Waals surface area contributed by atoms with Crippen molar-refractivity contribution in [3.05, 3.63) is 66.2 Å². The molecule has 2 aromatic carbocycles. The molecule has 0 spiro atoms. The van der Waals surface area contributed by atoms with E-state index in [0.717, 1.165) is 11.5 Å². The number of rotatable bonds is 7. The molecule has 0 atom stereocenters. The lowest BCUT2D eigenvalue weighted by molar-refractivity contribution is 0.133. The third-order valence-electron chi connectivity index (χ3n) is 4.59. The molecule has 2 heteroatoms. The minimum absolute atomic E-state index is 0.527. The molecule has 0 unspecified atom stereocenters. The van der Waals surface area contributed by atoms with Crippen molar-refractivity contribution >= 4 is 5.76 Å². The highest BCUT2D eigenvalue weighted by atomic mass is 16.5.